The molecule has 2 aromatic rings. The van der Waals surface area contributed by atoms with Gasteiger partial charge in [-0.1, -0.05) is 6.07 Å². The molecule has 0 bridgehead atoms. The van der Waals surface area contributed by atoms with Gasteiger partial charge in [0.25, 0.3) is 0 Å². The van der Waals surface area contributed by atoms with Gasteiger partial charge in [-0.2, -0.15) is 0 Å². The Hall–Kier alpha value is -2.23. The van der Waals surface area contributed by atoms with Crippen LogP contribution in [0.15, 0.2) is 41.5 Å². The summed E-state index contributed by atoms with van der Waals surface area (Å²) in [5, 5.41) is 3.48. The highest BCUT2D eigenvalue weighted by atomic mass is 127. The standard InChI is InChI=1S/C24H35N5O2.HI/c1-25-24(28(2)15-11-19-8-9-21(30-3)22(16-19)31-4)27-18-20-10-12-26-23(17-20)29-13-6-5-7-14-29;/h8-10,12,16-17H,5-7,11,13-15,18H2,1-4H3,(H,25,27);1H. The summed E-state index contributed by atoms with van der Waals surface area (Å²) in [5.74, 6) is 3.46. The number of halogens is 1. The number of nitrogens with zero attached hydrogens (tertiary/aromatic N) is 4. The Balaban J connectivity index is 0.00000363. The molecule has 32 heavy (non-hydrogen) atoms. The lowest BCUT2D eigenvalue weighted by Crippen LogP contribution is -2.39. The molecule has 0 aliphatic carbocycles. The van der Waals surface area contributed by atoms with Crippen LogP contribution >= 0.6 is 24.0 Å². The summed E-state index contributed by atoms with van der Waals surface area (Å²) in [6.45, 7) is 3.76. The SMILES string of the molecule is CN=C(NCc1ccnc(N2CCCCC2)c1)N(C)CCc1ccc(OC)c(OC)c1.I. The van der Waals surface area contributed by atoms with Crippen molar-refractivity contribution in [3.8, 4) is 11.5 Å². The molecule has 0 spiro atoms. The molecule has 1 aliphatic heterocycles. The number of anilines is 1. The lowest BCUT2D eigenvalue weighted by atomic mass is 10.1. The molecule has 1 N–H and O–H groups in total. The number of nitrogens with one attached hydrogen (secondary N) is 1. The first-order valence-electron chi connectivity index (χ1n) is 11.0. The third-order valence-corrected chi connectivity index (χ3v) is 5.70. The van der Waals surface area contributed by atoms with Gasteiger partial charge in [0.2, 0.25) is 0 Å². The topological polar surface area (TPSA) is 62.2 Å². The van der Waals surface area contributed by atoms with E-state index in [1.54, 1.807) is 14.2 Å². The van der Waals surface area contributed by atoms with Gasteiger partial charge in [0, 0.05) is 46.5 Å². The molecule has 0 unspecified atom stereocenters. The van der Waals surface area contributed by atoms with Crippen LogP contribution in [-0.2, 0) is 13.0 Å². The smallest absolute Gasteiger partial charge is 0.193 e. The predicted octanol–water partition coefficient (Wildman–Crippen LogP) is 3.96. The normalized spacial score (nSPS) is 13.9. The third kappa shape index (κ3) is 7.15. The summed E-state index contributed by atoms with van der Waals surface area (Å²) >= 11 is 0. The Labute approximate surface area is 209 Å². The van der Waals surface area contributed by atoms with Gasteiger partial charge in [-0.25, -0.2) is 4.98 Å². The molecule has 0 amide bonds. The molecule has 1 aromatic carbocycles. The van der Waals surface area contributed by atoms with Gasteiger partial charge in [0.05, 0.1) is 14.2 Å². The molecule has 1 aliphatic rings. The van der Waals surface area contributed by atoms with E-state index in [4.69, 9.17) is 9.47 Å². The zero-order valence-electron chi connectivity index (χ0n) is 19.6. The Morgan fingerprint density at radius 3 is 2.50 bits per heavy atom. The molecule has 7 nitrogen and oxygen atoms in total. The second kappa shape index (κ2) is 13.3. The van der Waals surface area contributed by atoms with Crippen LogP contribution in [0.5, 0.6) is 11.5 Å². The van der Waals surface area contributed by atoms with Gasteiger partial charge in [0.1, 0.15) is 5.82 Å². The van der Waals surface area contributed by atoms with Crippen LogP contribution in [0.2, 0.25) is 0 Å². The second-order valence-corrected chi connectivity index (χ2v) is 7.83. The van der Waals surface area contributed by atoms with Crippen LogP contribution in [0.4, 0.5) is 5.82 Å². The van der Waals surface area contributed by atoms with E-state index in [0.29, 0.717) is 0 Å². The molecule has 8 heteroatoms. The Morgan fingerprint density at radius 1 is 1.06 bits per heavy atom. The van der Waals surface area contributed by atoms with Gasteiger partial charge in [-0.15, -0.1) is 24.0 Å². The number of guanidine groups is 1. The number of rotatable bonds is 8. The van der Waals surface area contributed by atoms with Crippen LogP contribution in [0.25, 0.3) is 0 Å². The average Bonchev–Trinajstić information content (AvgIpc) is 2.83. The summed E-state index contributed by atoms with van der Waals surface area (Å²) in [6, 6.07) is 10.3. The minimum atomic E-state index is 0. The molecular formula is C24H36IN5O2. The summed E-state index contributed by atoms with van der Waals surface area (Å²) in [7, 11) is 7.19. The van der Waals surface area contributed by atoms with Gasteiger partial charge in [0.15, 0.2) is 17.5 Å². The van der Waals surface area contributed by atoms with Crippen molar-refractivity contribution < 1.29 is 9.47 Å². The van der Waals surface area contributed by atoms with Crippen LogP contribution in [0.1, 0.15) is 30.4 Å². The van der Waals surface area contributed by atoms with Crippen molar-refractivity contribution in [2.75, 3.05) is 52.8 Å². The molecule has 3 rings (SSSR count). The maximum absolute atomic E-state index is 5.41. The lowest BCUT2D eigenvalue weighted by Gasteiger charge is -2.28. The molecule has 0 saturated carbocycles. The van der Waals surface area contributed by atoms with E-state index < -0.39 is 0 Å². The maximum Gasteiger partial charge on any atom is 0.193 e. The highest BCUT2D eigenvalue weighted by Crippen LogP contribution is 2.27. The molecule has 0 atom stereocenters. The summed E-state index contributed by atoms with van der Waals surface area (Å²) in [4.78, 5) is 13.6. The number of aromatic nitrogens is 1. The highest BCUT2D eigenvalue weighted by Gasteiger charge is 2.13. The number of methoxy groups -OCH3 is 2. The zero-order chi connectivity index (χ0) is 22.1. The number of aliphatic imine (C=N–C) groups is 1. The second-order valence-electron chi connectivity index (χ2n) is 7.83. The van der Waals surface area contributed by atoms with Crippen LogP contribution in [0, 0.1) is 0 Å². The molecular weight excluding hydrogens is 517 g/mol. The van der Waals surface area contributed by atoms with Gasteiger partial charge in [-0.05, 0) is 61.1 Å². The summed E-state index contributed by atoms with van der Waals surface area (Å²) < 4.78 is 10.7. The van der Waals surface area contributed by atoms with Crippen LogP contribution in [0.3, 0.4) is 0 Å². The predicted molar refractivity (Wildman–Crippen MR) is 142 cm³/mol. The van der Waals surface area contributed by atoms with E-state index in [2.05, 4.69) is 50.3 Å². The largest absolute Gasteiger partial charge is 0.493 e. The van der Waals surface area contributed by atoms with Crippen LogP contribution in [-0.4, -0.2) is 63.8 Å². The van der Waals surface area contributed by atoms with Crippen molar-refractivity contribution >= 4 is 35.8 Å². The van der Waals surface area contributed by atoms with Gasteiger partial charge in [-0.3, -0.25) is 4.99 Å². The Bertz CT molecular complexity index is 871. The van der Waals surface area contributed by atoms with Crippen molar-refractivity contribution in [2.45, 2.75) is 32.2 Å². The molecule has 1 saturated heterocycles. The Morgan fingerprint density at radius 2 is 1.81 bits per heavy atom. The maximum atomic E-state index is 5.41. The van der Waals surface area contributed by atoms with Gasteiger partial charge >= 0.3 is 0 Å². The van der Waals surface area contributed by atoms with E-state index in [1.165, 1.54) is 30.4 Å². The number of benzene rings is 1. The van der Waals surface area contributed by atoms with Crippen molar-refractivity contribution in [2.24, 2.45) is 4.99 Å². The minimum Gasteiger partial charge on any atom is -0.493 e. The molecule has 1 fully saturated rings. The lowest BCUT2D eigenvalue weighted by molar-refractivity contribution is 0.354. The number of hydrogen-bond acceptors (Lipinski definition) is 5. The fourth-order valence-corrected chi connectivity index (χ4v) is 3.87. The van der Waals surface area contributed by atoms with E-state index in [1.807, 2.05) is 25.4 Å². The average molecular weight is 553 g/mol. The Kier molecular flexibility index (Phi) is 10.9. The van der Waals surface area contributed by atoms with Crippen molar-refractivity contribution in [3.63, 3.8) is 0 Å². The van der Waals surface area contributed by atoms with Crippen molar-refractivity contribution in [3.05, 3.63) is 47.7 Å². The first kappa shape index (κ1) is 26.0. The number of likely N-dealkylation sites (N-methyl/N-ethyl adjacent to an activating group) is 1. The number of pyridine rings is 1. The third-order valence-electron chi connectivity index (χ3n) is 5.70. The highest BCUT2D eigenvalue weighted by molar-refractivity contribution is 14.0. The van der Waals surface area contributed by atoms with E-state index in [-0.39, 0.29) is 24.0 Å². The first-order chi connectivity index (χ1) is 15.1. The number of piperidine rings is 1. The van der Waals surface area contributed by atoms with Gasteiger partial charge < -0.3 is 24.6 Å². The number of ether oxygens (including phenoxy) is 2. The first-order valence-corrected chi connectivity index (χ1v) is 11.0. The quantitative estimate of drug-likeness (QED) is 0.304. The fourth-order valence-electron chi connectivity index (χ4n) is 3.87. The summed E-state index contributed by atoms with van der Waals surface area (Å²) in [5.41, 5.74) is 2.41. The van der Waals surface area contributed by atoms with Crippen LogP contribution < -0.4 is 19.7 Å². The van der Waals surface area contributed by atoms with Crippen molar-refractivity contribution in [1.82, 2.24) is 15.2 Å². The molecule has 176 valence electrons. The van der Waals surface area contributed by atoms with E-state index in [9.17, 15) is 0 Å². The van der Waals surface area contributed by atoms with Crippen molar-refractivity contribution in [1.29, 1.82) is 0 Å². The monoisotopic (exact) mass is 553 g/mol. The van der Waals surface area contributed by atoms with E-state index in [0.717, 1.165) is 55.9 Å². The van der Waals surface area contributed by atoms with E-state index >= 15 is 0 Å². The molecule has 2 heterocycles. The molecule has 1 aromatic heterocycles. The summed E-state index contributed by atoms with van der Waals surface area (Å²) in [6.07, 6.45) is 6.61. The molecule has 0 radical (unpaired) electrons. The fraction of sp³-hybridized carbons (Fsp3) is 0.500. The number of hydrogen-bond donors (Lipinski definition) is 1. The zero-order valence-corrected chi connectivity index (χ0v) is 22.0. The minimum absolute atomic E-state index is 0.